The second-order valence-corrected chi connectivity index (χ2v) is 3.97. The molecule has 0 aliphatic carbocycles. The van der Waals surface area contributed by atoms with Crippen LogP contribution in [0.5, 0.6) is 0 Å². The van der Waals surface area contributed by atoms with Gasteiger partial charge in [-0.1, -0.05) is 6.92 Å². The average molecular weight is 263 g/mol. The highest BCUT2D eigenvalue weighted by Gasteiger charge is 2.14. The first-order valence-electron chi connectivity index (χ1n) is 5.71. The van der Waals surface area contributed by atoms with Crippen LogP contribution in [0.3, 0.4) is 0 Å². The van der Waals surface area contributed by atoms with Gasteiger partial charge in [0.1, 0.15) is 11.6 Å². The molecule has 0 atom stereocenters. The summed E-state index contributed by atoms with van der Waals surface area (Å²) in [6.07, 6.45) is 0.395. The molecule has 2 rings (SSSR count). The number of carbonyl (C=O) groups is 1. The monoisotopic (exact) mass is 263 g/mol. The first-order valence-corrected chi connectivity index (χ1v) is 5.71. The molecule has 19 heavy (non-hydrogen) atoms. The Hall–Kier alpha value is -2.30. The van der Waals surface area contributed by atoms with Crippen LogP contribution in [0, 0.1) is 11.6 Å². The molecule has 98 valence electrons. The van der Waals surface area contributed by atoms with E-state index in [0.717, 1.165) is 18.2 Å². The van der Waals surface area contributed by atoms with Crippen LogP contribution in [0.15, 0.2) is 30.3 Å². The number of pyridine rings is 1. The van der Waals surface area contributed by atoms with E-state index in [1.54, 1.807) is 6.92 Å². The predicted octanol–water partition coefficient (Wildman–Crippen LogP) is 3.29. The molecule has 3 nitrogen and oxygen atoms in total. The van der Waals surface area contributed by atoms with Crippen LogP contribution < -0.4 is 0 Å². The molecule has 0 aliphatic heterocycles. The van der Waals surface area contributed by atoms with E-state index in [-0.39, 0.29) is 16.8 Å². The molecule has 0 saturated heterocycles. The predicted molar refractivity (Wildman–Crippen MR) is 65.9 cm³/mol. The third-order valence-corrected chi connectivity index (χ3v) is 2.74. The number of carboxylic acids is 1. The number of aromatic nitrogens is 1. The summed E-state index contributed by atoms with van der Waals surface area (Å²) in [7, 11) is 0. The number of hydrogen-bond acceptors (Lipinski definition) is 2. The third-order valence-electron chi connectivity index (χ3n) is 2.74. The summed E-state index contributed by atoms with van der Waals surface area (Å²) in [5.41, 5.74) is 0.655. The van der Waals surface area contributed by atoms with Crippen molar-refractivity contribution in [3.05, 3.63) is 53.2 Å². The molecule has 0 saturated carbocycles. The lowest BCUT2D eigenvalue weighted by Crippen LogP contribution is -2.05. The highest BCUT2D eigenvalue weighted by Crippen LogP contribution is 2.23. The van der Waals surface area contributed by atoms with Crippen LogP contribution in [0.4, 0.5) is 8.78 Å². The molecular weight excluding hydrogens is 252 g/mol. The van der Waals surface area contributed by atoms with E-state index in [0.29, 0.717) is 12.1 Å². The van der Waals surface area contributed by atoms with Gasteiger partial charge in [0.15, 0.2) is 0 Å². The van der Waals surface area contributed by atoms with Crippen molar-refractivity contribution in [3.8, 4) is 11.3 Å². The number of hydrogen-bond donors (Lipinski definition) is 1. The van der Waals surface area contributed by atoms with Gasteiger partial charge in [-0.3, -0.25) is 4.98 Å². The number of rotatable bonds is 3. The number of nitrogens with zero attached hydrogens (tertiary/aromatic N) is 1. The first kappa shape index (κ1) is 13.1. The third kappa shape index (κ3) is 2.59. The zero-order valence-electron chi connectivity index (χ0n) is 10.2. The van der Waals surface area contributed by atoms with E-state index >= 15 is 0 Å². The van der Waals surface area contributed by atoms with Gasteiger partial charge in [-0.2, -0.15) is 0 Å². The fraction of sp³-hybridized carbons (Fsp3) is 0.143. The van der Waals surface area contributed by atoms with E-state index in [2.05, 4.69) is 4.98 Å². The number of aryl methyl sites for hydroxylation is 1. The molecule has 1 heterocycles. The van der Waals surface area contributed by atoms with E-state index in [4.69, 9.17) is 5.11 Å². The van der Waals surface area contributed by atoms with Crippen LogP contribution in [0.2, 0.25) is 0 Å². The fourth-order valence-corrected chi connectivity index (χ4v) is 1.81. The quantitative estimate of drug-likeness (QED) is 0.924. The van der Waals surface area contributed by atoms with Crippen molar-refractivity contribution in [2.45, 2.75) is 13.3 Å². The van der Waals surface area contributed by atoms with Crippen LogP contribution in [-0.4, -0.2) is 16.1 Å². The summed E-state index contributed by atoms with van der Waals surface area (Å²) in [6, 6.07) is 5.81. The maximum atomic E-state index is 13.6. The van der Waals surface area contributed by atoms with E-state index in [1.807, 2.05) is 0 Å². The lowest BCUT2D eigenvalue weighted by molar-refractivity contribution is 0.0695. The second-order valence-electron chi connectivity index (χ2n) is 3.97. The minimum Gasteiger partial charge on any atom is -0.478 e. The lowest BCUT2D eigenvalue weighted by Gasteiger charge is -2.07. The van der Waals surface area contributed by atoms with Gasteiger partial charge in [-0.15, -0.1) is 0 Å². The molecule has 1 N–H and O–H groups in total. The van der Waals surface area contributed by atoms with Gasteiger partial charge in [0.2, 0.25) is 0 Å². The Balaban J connectivity index is 2.57. The molecule has 1 aromatic carbocycles. The van der Waals surface area contributed by atoms with Crippen LogP contribution in [-0.2, 0) is 6.42 Å². The molecule has 0 fully saturated rings. The largest absolute Gasteiger partial charge is 0.478 e. The van der Waals surface area contributed by atoms with Crippen molar-refractivity contribution in [2.24, 2.45) is 0 Å². The van der Waals surface area contributed by atoms with Crippen molar-refractivity contribution in [3.63, 3.8) is 0 Å². The fourth-order valence-electron chi connectivity index (χ4n) is 1.81. The number of carboxylic acid groups (broad SMARTS) is 1. The molecule has 0 unspecified atom stereocenters. The highest BCUT2D eigenvalue weighted by molar-refractivity contribution is 5.89. The smallest absolute Gasteiger partial charge is 0.337 e. The molecule has 0 aliphatic rings. The van der Waals surface area contributed by atoms with Crippen molar-refractivity contribution in [2.75, 3.05) is 0 Å². The van der Waals surface area contributed by atoms with Crippen LogP contribution in [0.1, 0.15) is 23.0 Å². The zero-order valence-corrected chi connectivity index (χ0v) is 10.2. The summed E-state index contributed by atoms with van der Waals surface area (Å²) in [5.74, 6) is -2.26. The number of halogens is 2. The summed E-state index contributed by atoms with van der Waals surface area (Å²) in [5, 5.41) is 8.98. The highest BCUT2D eigenvalue weighted by atomic mass is 19.1. The van der Waals surface area contributed by atoms with E-state index in [9.17, 15) is 13.6 Å². The minimum absolute atomic E-state index is 0.0200. The Labute approximate surface area is 108 Å². The number of aromatic carboxylic acids is 1. The second kappa shape index (κ2) is 5.14. The molecular formula is C14H11F2NO2. The SMILES string of the molecule is CCc1nc(-c2cc(F)ccc2F)ccc1C(=O)O. The van der Waals surface area contributed by atoms with Crippen LogP contribution >= 0.6 is 0 Å². The van der Waals surface area contributed by atoms with Crippen LogP contribution in [0.25, 0.3) is 11.3 Å². The van der Waals surface area contributed by atoms with Gasteiger partial charge in [0, 0.05) is 5.56 Å². The zero-order chi connectivity index (χ0) is 14.0. The topological polar surface area (TPSA) is 50.2 Å². The average Bonchev–Trinajstić information content (AvgIpc) is 2.40. The summed E-state index contributed by atoms with van der Waals surface area (Å²) in [4.78, 5) is 15.1. The maximum Gasteiger partial charge on any atom is 0.337 e. The Morgan fingerprint density at radius 1 is 1.26 bits per heavy atom. The minimum atomic E-state index is -1.09. The van der Waals surface area contributed by atoms with Crippen molar-refractivity contribution >= 4 is 5.97 Å². The maximum absolute atomic E-state index is 13.6. The standard InChI is InChI=1S/C14H11F2NO2/c1-2-12-9(14(18)19)4-6-13(17-12)10-7-8(15)3-5-11(10)16/h3-7H,2H2,1H3,(H,18,19). The molecule has 1 aromatic heterocycles. The number of benzene rings is 1. The lowest BCUT2D eigenvalue weighted by atomic mass is 10.1. The normalized spacial score (nSPS) is 10.5. The molecule has 0 radical (unpaired) electrons. The van der Waals surface area contributed by atoms with Gasteiger partial charge in [0.25, 0.3) is 0 Å². The van der Waals surface area contributed by atoms with Gasteiger partial charge < -0.3 is 5.11 Å². The van der Waals surface area contributed by atoms with Crippen molar-refractivity contribution in [1.82, 2.24) is 4.98 Å². The van der Waals surface area contributed by atoms with Crippen molar-refractivity contribution < 1.29 is 18.7 Å². The summed E-state index contributed by atoms with van der Waals surface area (Å²) < 4.78 is 26.8. The summed E-state index contributed by atoms with van der Waals surface area (Å²) in [6.45, 7) is 1.75. The molecule has 0 bridgehead atoms. The molecule has 5 heteroatoms. The van der Waals surface area contributed by atoms with Crippen molar-refractivity contribution in [1.29, 1.82) is 0 Å². The summed E-state index contributed by atoms with van der Waals surface area (Å²) >= 11 is 0. The Bertz CT molecular complexity index is 641. The van der Waals surface area contributed by atoms with Gasteiger partial charge in [-0.05, 0) is 36.8 Å². The molecule has 0 amide bonds. The Kier molecular flexibility index (Phi) is 3.55. The van der Waals surface area contributed by atoms with E-state index in [1.165, 1.54) is 12.1 Å². The van der Waals surface area contributed by atoms with E-state index < -0.39 is 17.6 Å². The van der Waals surface area contributed by atoms with Gasteiger partial charge in [0.05, 0.1) is 17.0 Å². The molecule has 2 aromatic rings. The van der Waals surface area contributed by atoms with Gasteiger partial charge >= 0.3 is 5.97 Å². The molecule has 0 spiro atoms. The van der Waals surface area contributed by atoms with Gasteiger partial charge in [-0.25, -0.2) is 13.6 Å². The Morgan fingerprint density at radius 3 is 2.63 bits per heavy atom. The first-order chi connectivity index (χ1) is 9.02. The Morgan fingerprint density at radius 2 is 2.00 bits per heavy atom.